The molecule has 0 spiro atoms. The third-order valence-electron chi connectivity index (χ3n) is 3.55. The van der Waals surface area contributed by atoms with Crippen molar-refractivity contribution < 1.29 is 19.1 Å². The fourth-order valence-electron chi connectivity index (χ4n) is 2.40. The molecule has 0 radical (unpaired) electrons. The minimum absolute atomic E-state index is 0.0169. The van der Waals surface area contributed by atoms with E-state index in [4.69, 9.17) is 4.74 Å². The van der Waals surface area contributed by atoms with Crippen LogP contribution in [0.25, 0.3) is 0 Å². The van der Waals surface area contributed by atoms with Gasteiger partial charge in [0.25, 0.3) is 0 Å². The molecule has 20 heavy (non-hydrogen) atoms. The van der Waals surface area contributed by atoms with Gasteiger partial charge in [0, 0.05) is 19.5 Å². The van der Waals surface area contributed by atoms with Gasteiger partial charge in [-0.05, 0) is 24.1 Å². The lowest BCUT2D eigenvalue weighted by Crippen LogP contribution is -2.28. The molecule has 5 heteroatoms. The molecule has 1 fully saturated rings. The molecule has 2 rings (SSSR count). The Labute approximate surface area is 118 Å². The second-order valence-corrected chi connectivity index (χ2v) is 4.87. The number of rotatable bonds is 5. The molecule has 1 aromatic carbocycles. The molecule has 1 unspecified atom stereocenters. The Bertz CT molecular complexity index is 500. The van der Waals surface area contributed by atoms with E-state index in [9.17, 15) is 9.59 Å². The zero-order chi connectivity index (χ0) is 14.5. The highest BCUT2D eigenvalue weighted by atomic mass is 16.5. The van der Waals surface area contributed by atoms with Gasteiger partial charge in [-0.2, -0.15) is 0 Å². The van der Waals surface area contributed by atoms with Crippen molar-refractivity contribution >= 4 is 11.9 Å². The molecule has 5 nitrogen and oxygen atoms in total. The van der Waals surface area contributed by atoms with E-state index in [-0.39, 0.29) is 24.2 Å². The molecule has 1 atom stereocenters. The highest BCUT2D eigenvalue weighted by Gasteiger charge is 2.34. The Morgan fingerprint density at radius 1 is 1.40 bits per heavy atom. The highest BCUT2D eigenvalue weighted by Crippen LogP contribution is 2.20. The van der Waals surface area contributed by atoms with E-state index in [0.717, 1.165) is 17.7 Å². The summed E-state index contributed by atoms with van der Waals surface area (Å²) in [6, 6.07) is 7.77. The van der Waals surface area contributed by atoms with Crippen molar-refractivity contribution in [1.29, 1.82) is 0 Å². The van der Waals surface area contributed by atoms with Crippen LogP contribution in [0.3, 0.4) is 0 Å². The fourth-order valence-corrected chi connectivity index (χ4v) is 2.40. The van der Waals surface area contributed by atoms with Crippen LogP contribution in [-0.4, -0.2) is 44.1 Å². The third-order valence-corrected chi connectivity index (χ3v) is 3.55. The minimum atomic E-state index is -0.321. The van der Waals surface area contributed by atoms with Crippen LogP contribution in [0.15, 0.2) is 24.3 Å². The van der Waals surface area contributed by atoms with Crippen molar-refractivity contribution in [2.75, 3.05) is 27.3 Å². The molecule has 1 saturated heterocycles. The summed E-state index contributed by atoms with van der Waals surface area (Å²) in [5.74, 6) is 0.200. The molecule has 0 saturated carbocycles. The standard InChI is InChI=1S/C15H19NO4/c1-19-13-5-3-4-11(8-13)6-7-16-10-12(9-14(16)17)15(18)20-2/h3-5,8,12H,6-7,9-10H2,1-2H3. The molecule has 108 valence electrons. The SMILES string of the molecule is COC(=O)C1CC(=O)N(CCc2cccc(OC)c2)C1. The number of esters is 1. The van der Waals surface area contributed by atoms with Crippen molar-refractivity contribution in [3.05, 3.63) is 29.8 Å². The Kier molecular flexibility index (Phi) is 4.61. The van der Waals surface area contributed by atoms with Crippen molar-refractivity contribution in [3.63, 3.8) is 0 Å². The lowest BCUT2D eigenvalue weighted by Gasteiger charge is -2.16. The van der Waals surface area contributed by atoms with Gasteiger partial charge in [0.2, 0.25) is 5.91 Å². The molecular weight excluding hydrogens is 258 g/mol. The van der Waals surface area contributed by atoms with Gasteiger partial charge in [0.15, 0.2) is 0 Å². The number of nitrogens with zero attached hydrogens (tertiary/aromatic N) is 1. The summed E-state index contributed by atoms with van der Waals surface area (Å²) in [6.45, 7) is 1.06. The van der Waals surface area contributed by atoms with E-state index in [1.165, 1.54) is 7.11 Å². The lowest BCUT2D eigenvalue weighted by molar-refractivity contribution is -0.145. The smallest absolute Gasteiger partial charge is 0.310 e. The van der Waals surface area contributed by atoms with Crippen molar-refractivity contribution in [3.8, 4) is 5.75 Å². The number of carbonyl (C=O) groups excluding carboxylic acids is 2. The minimum Gasteiger partial charge on any atom is -0.497 e. The van der Waals surface area contributed by atoms with Crippen molar-refractivity contribution in [1.82, 2.24) is 4.90 Å². The first-order chi connectivity index (χ1) is 9.63. The van der Waals surface area contributed by atoms with Gasteiger partial charge in [-0.3, -0.25) is 9.59 Å². The summed E-state index contributed by atoms with van der Waals surface area (Å²) >= 11 is 0. The molecule has 1 amide bonds. The van der Waals surface area contributed by atoms with Crippen LogP contribution in [0.1, 0.15) is 12.0 Å². The average molecular weight is 277 g/mol. The molecule has 0 aromatic heterocycles. The molecule has 1 heterocycles. The van der Waals surface area contributed by atoms with Crippen LogP contribution < -0.4 is 4.74 Å². The predicted molar refractivity (Wildman–Crippen MR) is 73.4 cm³/mol. The normalized spacial score (nSPS) is 18.2. The number of carbonyl (C=O) groups is 2. The summed E-state index contributed by atoms with van der Waals surface area (Å²) in [4.78, 5) is 25.0. The number of hydrogen-bond acceptors (Lipinski definition) is 4. The fraction of sp³-hybridized carbons (Fsp3) is 0.467. The summed E-state index contributed by atoms with van der Waals surface area (Å²) in [5, 5.41) is 0. The number of methoxy groups -OCH3 is 2. The Morgan fingerprint density at radius 2 is 2.20 bits per heavy atom. The van der Waals surface area contributed by atoms with Crippen LogP contribution in [0.5, 0.6) is 5.75 Å². The monoisotopic (exact) mass is 277 g/mol. The van der Waals surface area contributed by atoms with E-state index < -0.39 is 0 Å². The summed E-state index contributed by atoms with van der Waals surface area (Å²) in [7, 11) is 2.98. The van der Waals surface area contributed by atoms with Gasteiger partial charge < -0.3 is 14.4 Å². The van der Waals surface area contributed by atoms with Gasteiger partial charge in [-0.1, -0.05) is 12.1 Å². The van der Waals surface area contributed by atoms with E-state index >= 15 is 0 Å². The van der Waals surface area contributed by atoms with Gasteiger partial charge in [0.1, 0.15) is 5.75 Å². The first-order valence-electron chi connectivity index (χ1n) is 6.62. The molecule has 1 aliphatic rings. The molecule has 1 aromatic rings. The maximum atomic E-state index is 11.8. The van der Waals surface area contributed by atoms with E-state index in [1.807, 2.05) is 24.3 Å². The number of amides is 1. The van der Waals surface area contributed by atoms with Crippen LogP contribution in [-0.2, 0) is 20.7 Å². The maximum Gasteiger partial charge on any atom is 0.310 e. The first-order valence-corrected chi connectivity index (χ1v) is 6.62. The van der Waals surface area contributed by atoms with Crippen LogP contribution in [0.4, 0.5) is 0 Å². The van der Waals surface area contributed by atoms with E-state index in [2.05, 4.69) is 4.74 Å². The van der Waals surface area contributed by atoms with Crippen molar-refractivity contribution in [2.24, 2.45) is 5.92 Å². The molecule has 0 bridgehead atoms. The van der Waals surface area contributed by atoms with Gasteiger partial charge in [0.05, 0.1) is 20.1 Å². The second kappa shape index (κ2) is 6.41. The Balaban J connectivity index is 1.90. The van der Waals surface area contributed by atoms with Crippen LogP contribution >= 0.6 is 0 Å². The Hall–Kier alpha value is -2.04. The predicted octanol–water partition coefficient (Wildman–Crippen LogP) is 1.26. The van der Waals surface area contributed by atoms with E-state index in [1.54, 1.807) is 12.0 Å². The average Bonchev–Trinajstić information content (AvgIpc) is 2.85. The van der Waals surface area contributed by atoms with Gasteiger partial charge in [-0.15, -0.1) is 0 Å². The highest BCUT2D eigenvalue weighted by molar-refractivity contribution is 5.86. The van der Waals surface area contributed by atoms with Crippen molar-refractivity contribution in [2.45, 2.75) is 12.8 Å². The van der Waals surface area contributed by atoms with Gasteiger partial charge >= 0.3 is 5.97 Å². The molecule has 1 aliphatic heterocycles. The lowest BCUT2D eigenvalue weighted by atomic mass is 10.1. The third kappa shape index (κ3) is 3.29. The number of hydrogen-bond donors (Lipinski definition) is 0. The van der Waals surface area contributed by atoms with Crippen LogP contribution in [0.2, 0.25) is 0 Å². The topological polar surface area (TPSA) is 55.8 Å². The molecular formula is C15H19NO4. The van der Waals surface area contributed by atoms with Crippen LogP contribution in [0, 0.1) is 5.92 Å². The molecule has 0 aliphatic carbocycles. The maximum absolute atomic E-state index is 11.8. The zero-order valence-electron chi connectivity index (χ0n) is 11.8. The quantitative estimate of drug-likeness (QED) is 0.760. The van der Waals surface area contributed by atoms with E-state index in [0.29, 0.717) is 13.1 Å². The summed E-state index contributed by atoms with van der Waals surface area (Å²) in [6.07, 6.45) is 1.00. The zero-order valence-corrected chi connectivity index (χ0v) is 11.8. The Morgan fingerprint density at radius 3 is 2.90 bits per heavy atom. The number of ether oxygens (including phenoxy) is 2. The number of likely N-dealkylation sites (tertiary alicyclic amines) is 1. The first kappa shape index (κ1) is 14.4. The largest absolute Gasteiger partial charge is 0.497 e. The van der Waals surface area contributed by atoms with Gasteiger partial charge in [-0.25, -0.2) is 0 Å². The summed E-state index contributed by atoms with van der Waals surface area (Å²) < 4.78 is 9.86. The second-order valence-electron chi connectivity index (χ2n) is 4.87. The summed E-state index contributed by atoms with van der Waals surface area (Å²) in [5.41, 5.74) is 1.11. The molecule has 0 N–H and O–H groups in total. The number of benzene rings is 1.